The van der Waals surface area contributed by atoms with Crippen LogP contribution in [0, 0.1) is 0 Å². The van der Waals surface area contributed by atoms with Gasteiger partial charge in [-0.15, -0.1) is 10.2 Å². The zero-order valence-electron chi connectivity index (χ0n) is 22.2. The molecule has 0 saturated heterocycles. The number of benzene rings is 3. The van der Waals surface area contributed by atoms with E-state index < -0.39 is 0 Å². The van der Waals surface area contributed by atoms with E-state index in [1.807, 2.05) is 47.1 Å². The van der Waals surface area contributed by atoms with Gasteiger partial charge in [-0.05, 0) is 36.2 Å². The Labute approximate surface area is 231 Å². The molecule has 0 fully saturated rings. The summed E-state index contributed by atoms with van der Waals surface area (Å²) in [6, 6.07) is 21.8. The smallest absolute Gasteiger partial charge is 0.277 e. The lowest BCUT2D eigenvalue weighted by molar-refractivity contribution is 0.321. The summed E-state index contributed by atoms with van der Waals surface area (Å²) in [4.78, 5) is 4.89. The normalized spacial score (nSPS) is 11.0. The largest absolute Gasteiger partial charge is 0.493 e. The quantitative estimate of drug-likeness (QED) is 0.188. The van der Waals surface area contributed by atoms with E-state index >= 15 is 0 Å². The number of nitrogens with zero attached hydrogens (tertiary/aromatic N) is 5. The van der Waals surface area contributed by atoms with E-state index in [1.54, 1.807) is 21.3 Å². The van der Waals surface area contributed by atoms with Gasteiger partial charge in [0.05, 0.1) is 33.6 Å². The van der Waals surface area contributed by atoms with Crippen LogP contribution in [0.3, 0.4) is 0 Å². The first-order chi connectivity index (χ1) is 19.1. The first kappa shape index (κ1) is 26.3. The fourth-order valence-corrected chi connectivity index (χ4v) is 4.86. The maximum absolute atomic E-state index is 5.89. The number of ether oxygens (including phenoxy) is 3. The molecule has 5 rings (SSSR count). The van der Waals surface area contributed by atoms with Crippen LogP contribution in [0.2, 0.25) is 0 Å². The van der Waals surface area contributed by atoms with Crippen LogP contribution in [-0.4, -0.2) is 46.3 Å². The van der Waals surface area contributed by atoms with Crippen LogP contribution in [0.4, 0.5) is 0 Å². The molecule has 0 atom stereocenters. The topological polar surface area (TPSA) is 97.3 Å². The van der Waals surface area contributed by atoms with E-state index in [1.165, 1.54) is 17.3 Å². The van der Waals surface area contributed by atoms with Crippen molar-refractivity contribution in [1.29, 1.82) is 0 Å². The average Bonchev–Trinajstić information content (AvgIpc) is 3.63. The minimum absolute atomic E-state index is 0.415. The molecule has 5 aromatic rings. The third-order valence-corrected chi connectivity index (χ3v) is 7.04. The molecule has 0 bridgehead atoms. The number of aryl methyl sites for hydroxylation is 1. The Kier molecular flexibility index (Phi) is 8.12. The molecule has 0 unspecified atom stereocenters. The molecule has 0 radical (unpaired) electrons. The summed E-state index contributed by atoms with van der Waals surface area (Å²) < 4.78 is 24.5. The molecule has 200 valence electrons. The standard InChI is InChI=1S/C29H29N5O4S/c1-5-19-11-13-20(14-12-19)27-30-24(18-39-29-32-31-28(38-29)21-9-7-6-8-10-21)34(33-27)17-22-15-16-23(35-2)26(37-4)25(22)36-3/h6-16H,5,17-18H2,1-4H3. The Morgan fingerprint density at radius 2 is 1.59 bits per heavy atom. The monoisotopic (exact) mass is 543 g/mol. The Morgan fingerprint density at radius 3 is 2.28 bits per heavy atom. The number of thioether (sulfide) groups is 1. The lowest BCUT2D eigenvalue weighted by Gasteiger charge is -2.16. The van der Waals surface area contributed by atoms with Crippen molar-refractivity contribution in [2.24, 2.45) is 0 Å². The summed E-state index contributed by atoms with van der Waals surface area (Å²) in [7, 11) is 4.80. The van der Waals surface area contributed by atoms with Gasteiger partial charge in [0.2, 0.25) is 11.6 Å². The number of aromatic nitrogens is 5. The zero-order chi connectivity index (χ0) is 27.2. The molecule has 0 spiro atoms. The summed E-state index contributed by atoms with van der Waals surface area (Å²) in [5.41, 5.74) is 3.96. The third-order valence-electron chi connectivity index (χ3n) is 6.23. The predicted molar refractivity (Wildman–Crippen MR) is 149 cm³/mol. The predicted octanol–water partition coefficient (Wildman–Crippen LogP) is 5.92. The van der Waals surface area contributed by atoms with Gasteiger partial charge in [0.25, 0.3) is 5.22 Å². The van der Waals surface area contributed by atoms with Crippen LogP contribution in [0.25, 0.3) is 22.8 Å². The van der Waals surface area contributed by atoms with E-state index in [2.05, 4.69) is 41.4 Å². The molecule has 9 nitrogen and oxygen atoms in total. The highest BCUT2D eigenvalue weighted by atomic mass is 32.2. The van der Waals surface area contributed by atoms with Gasteiger partial charge in [0.15, 0.2) is 17.3 Å². The van der Waals surface area contributed by atoms with Gasteiger partial charge in [-0.25, -0.2) is 9.67 Å². The highest BCUT2D eigenvalue weighted by Crippen LogP contribution is 2.40. The van der Waals surface area contributed by atoms with Gasteiger partial charge in [-0.1, -0.05) is 61.2 Å². The van der Waals surface area contributed by atoms with Crippen molar-refractivity contribution in [3.63, 3.8) is 0 Å². The Bertz CT molecular complexity index is 1530. The highest BCUT2D eigenvalue weighted by Gasteiger charge is 2.20. The van der Waals surface area contributed by atoms with E-state index in [0.29, 0.717) is 46.5 Å². The van der Waals surface area contributed by atoms with Crippen LogP contribution < -0.4 is 14.2 Å². The van der Waals surface area contributed by atoms with Crippen LogP contribution in [0.5, 0.6) is 17.2 Å². The first-order valence-electron chi connectivity index (χ1n) is 12.5. The summed E-state index contributed by atoms with van der Waals surface area (Å²) >= 11 is 1.41. The maximum atomic E-state index is 5.89. The Balaban J connectivity index is 1.46. The molecular formula is C29H29N5O4S. The molecule has 0 aliphatic rings. The minimum Gasteiger partial charge on any atom is -0.493 e. The molecular weight excluding hydrogens is 514 g/mol. The molecule has 2 aromatic heterocycles. The lowest BCUT2D eigenvalue weighted by atomic mass is 10.1. The molecule has 39 heavy (non-hydrogen) atoms. The fourth-order valence-electron chi connectivity index (χ4n) is 4.16. The lowest BCUT2D eigenvalue weighted by Crippen LogP contribution is -2.08. The number of methoxy groups -OCH3 is 3. The van der Waals surface area contributed by atoms with Gasteiger partial charge in [-0.3, -0.25) is 0 Å². The summed E-state index contributed by atoms with van der Waals surface area (Å²) in [5.74, 6) is 4.06. The molecule has 0 aliphatic carbocycles. The second kappa shape index (κ2) is 12.0. The summed E-state index contributed by atoms with van der Waals surface area (Å²) in [6.45, 7) is 2.55. The van der Waals surface area contributed by atoms with Gasteiger partial charge in [0.1, 0.15) is 5.82 Å². The first-order valence-corrected chi connectivity index (χ1v) is 13.4. The molecule has 10 heteroatoms. The minimum atomic E-state index is 0.415. The molecule has 3 aromatic carbocycles. The van der Waals surface area contributed by atoms with E-state index in [-0.39, 0.29) is 0 Å². The second-order valence-electron chi connectivity index (χ2n) is 8.58. The van der Waals surface area contributed by atoms with Crippen LogP contribution in [0.15, 0.2) is 76.4 Å². The molecule has 0 amide bonds. The highest BCUT2D eigenvalue weighted by molar-refractivity contribution is 7.98. The van der Waals surface area contributed by atoms with Crippen molar-refractivity contribution in [3.05, 3.63) is 83.7 Å². The Hall–Kier alpha value is -4.31. The van der Waals surface area contributed by atoms with Gasteiger partial charge >= 0.3 is 0 Å². The van der Waals surface area contributed by atoms with E-state index in [4.69, 9.17) is 28.7 Å². The fraction of sp³-hybridized carbons (Fsp3) is 0.241. The van der Waals surface area contributed by atoms with Gasteiger partial charge in [0, 0.05) is 16.7 Å². The Morgan fingerprint density at radius 1 is 0.821 bits per heavy atom. The third kappa shape index (κ3) is 5.75. The van der Waals surface area contributed by atoms with Crippen LogP contribution >= 0.6 is 11.8 Å². The maximum Gasteiger partial charge on any atom is 0.277 e. The molecule has 2 heterocycles. The number of hydrogen-bond acceptors (Lipinski definition) is 9. The van der Waals surface area contributed by atoms with Crippen molar-refractivity contribution in [1.82, 2.24) is 25.0 Å². The van der Waals surface area contributed by atoms with Gasteiger partial charge in [-0.2, -0.15) is 5.10 Å². The SMILES string of the molecule is CCc1ccc(-c2nc(CSc3nnc(-c4ccccc4)o3)n(Cc3ccc(OC)c(OC)c3OC)n2)cc1. The number of hydrogen-bond donors (Lipinski definition) is 0. The second-order valence-corrected chi connectivity index (χ2v) is 9.51. The van der Waals surface area contributed by atoms with Crippen molar-refractivity contribution in [2.75, 3.05) is 21.3 Å². The van der Waals surface area contributed by atoms with Crippen molar-refractivity contribution >= 4 is 11.8 Å². The van der Waals surface area contributed by atoms with E-state index in [9.17, 15) is 0 Å². The zero-order valence-corrected chi connectivity index (χ0v) is 23.1. The van der Waals surface area contributed by atoms with Gasteiger partial charge < -0.3 is 18.6 Å². The van der Waals surface area contributed by atoms with Crippen molar-refractivity contribution < 1.29 is 18.6 Å². The summed E-state index contributed by atoms with van der Waals surface area (Å²) in [5, 5.41) is 13.7. The number of rotatable bonds is 11. The van der Waals surface area contributed by atoms with Crippen LogP contribution in [0.1, 0.15) is 23.9 Å². The van der Waals surface area contributed by atoms with Crippen molar-refractivity contribution in [3.8, 4) is 40.1 Å². The van der Waals surface area contributed by atoms with Crippen LogP contribution in [-0.2, 0) is 18.7 Å². The average molecular weight is 544 g/mol. The molecule has 0 aliphatic heterocycles. The molecule has 0 saturated carbocycles. The van der Waals surface area contributed by atoms with E-state index in [0.717, 1.165) is 28.9 Å². The van der Waals surface area contributed by atoms with Crippen molar-refractivity contribution in [2.45, 2.75) is 30.9 Å². The summed E-state index contributed by atoms with van der Waals surface area (Å²) in [6.07, 6.45) is 0.971. The molecule has 0 N–H and O–H groups in total.